The molecule has 0 saturated heterocycles. The molecule has 0 bridgehead atoms. The maximum Gasteiger partial charge on any atom is 0.245 e. The number of pyridine rings is 1. The van der Waals surface area contributed by atoms with Crippen molar-refractivity contribution < 1.29 is 4.79 Å². The number of hydrogen-bond donors (Lipinski definition) is 2. The molecule has 0 aliphatic carbocycles. The summed E-state index contributed by atoms with van der Waals surface area (Å²) in [7, 11) is 0. The maximum atomic E-state index is 12.3. The van der Waals surface area contributed by atoms with Gasteiger partial charge in [-0.05, 0) is 30.7 Å². The number of aromatic nitrogens is 5. The highest BCUT2D eigenvalue weighted by molar-refractivity contribution is 5.89. The minimum Gasteiger partial charge on any atom is -0.327 e. The van der Waals surface area contributed by atoms with Crippen LogP contribution < -0.4 is 10.6 Å². The highest BCUT2D eigenvalue weighted by atomic mass is 16.2. The van der Waals surface area contributed by atoms with Gasteiger partial charge in [-0.25, -0.2) is 9.97 Å². The molecule has 0 radical (unpaired) electrons. The molecule has 27 heavy (non-hydrogen) atoms. The number of hydrogen-bond acceptors (Lipinski definition) is 6. The van der Waals surface area contributed by atoms with Crippen molar-refractivity contribution in [1.82, 2.24) is 29.8 Å². The van der Waals surface area contributed by atoms with Crippen LogP contribution in [0.2, 0.25) is 0 Å². The van der Waals surface area contributed by atoms with Crippen LogP contribution in [0.1, 0.15) is 12.1 Å². The average molecular weight is 361 g/mol. The second-order valence-electron chi connectivity index (χ2n) is 6.19. The number of nitrogens with one attached hydrogen (secondary N) is 2. The average Bonchev–Trinajstić information content (AvgIpc) is 3.18. The molecule has 0 aromatic carbocycles. The number of anilines is 1. The van der Waals surface area contributed by atoms with Gasteiger partial charge in [-0.15, -0.1) is 0 Å². The van der Waals surface area contributed by atoms with Gasteiger partial charge in [0.2, 0.25) is 5.91 Å². The summed E-state index contributed by atoms with van der Waals surface area (Å²) in [5.74, 6) is 0.340. The molecule has 1 aliphatic rings. The summed E-state index contributed by atoms with van der Waals surface area (Å²) in [6.07, 6.45) is 13.3. The van der Waals surface area contributed by atoms with Gasteiger partial charge in [0.15, 0.2) is 0 Å². The lowest BCUT2D eigenvalue weighted by Gasteiger charge is -2.11. The van der Waals surface area contributed by atoms with Crippen LogP contribution in [-0.4, -0.2) is 43.5 Å². The number of carbonyl (C=O) groups is 1. The third kappa shape index (κ3) is 4.24. The molecule has 8 nitrogen and oxygen atoms in total. The second kappa shape index (κ2) is 7.88. The fourth-order valence-corrected chi connectivity index (χ4v) is 2.88. The zero-order chi connectivity index (χ0) is 18.5. The molecular formula is C19H19N7O. The van der Waals surface area contributed by atoms with Crippen molar-refractivity contribution in [2.45, 2.75) is 13.0 Å². The van der Waals surface area contributed by atoms with Crippen LogP contribution in [0, 0.1) is 0 Å². The van der Waals surface area contributed by atoms with Crippen LogP contribution in [0.15, 0.2) is 55.5 Å². The Bertz CT molecular complexity index is 948. The fraction of sp³-hybridized carbons (Fsp3) is 0.211. The van der Waals surface area contributed by atoms with Crippen LogP contribution in [0.5, 0.6) is 0 Å². The first-order valence-electron chi connectivity index (χ1n) is 8.72. The summed E-state index contributed by atoms with van der Waals surface area (Å²) >= 11 is 0. The van der Waals surface area contributed by atoms with E-state index in [0.717, 1.165) is 36.5 Å². The summed E-state index contributed by atoms with van der Waals surface area (Å²) < 4.78 is 1.78. The van der Waals surface area contributed by atoms with Gasteiger partial charge in [0, 0.05) is 36.9 Å². The molecule has 4 heterocycles. The minimum absolute atomic E-state index is 0.155. The summed E-state index contributed by atoms with van der Waals surface area (Å²) in [5.41, 5.74) is 3.72. The van der Waals surface area contributed by atoms with Crippen molar-refractivity contribution in [3.63, 3.8) is 0 Å². The third-order valence-electron chi connectivity index (χ3n) is 4.24. The Labute approximate surface area is 156 Å². The minimum atomic E-state index is -0.155. The van der Waals surface area contributed by atoms with Gasteiger partial charge in [-0.2, -0.15) is 0 Å². The first-order valence-corrected chi connectivity index (χ1v) is 8.72. The van der Waals surface area contributed by atoms with Crippen molar-refractivity contribution in [1.29, 1.82) is 0 Å². The summed E-state index contributed by atoms with van der Waals surface area (Å²) in [4.78, 5) is 29.2. The van der Waals surface area contributed by atoms with E-state index in [1.165, 1.54) is 5.57 Å². The molecule has 3 aromatic heterocycles. The molecule has 0 fully saturated rings. The fourth-order valence-electron chi connectivity index (χ4n) is 2.88. The van der Waals surface area contributed by atoms with Crippen LogP contribution >= 0.6 is 0 Å². The molecule has 1 amide bonds. The van der Waals surface area contributed by atoms with E-state index in [1.807, 2.05) is 12.3 Å². The van der Waals surface area contributed by atoms with Crippen molar-refractivity contribution in [3.8, 4) is 11.3 Å². The number of carbonyl (C=O) groups excluding carboxylic acids is 1. The smallest absolute Gasteiger partial charge is 0.245 e. The Morgan fingerprint density at radius 1 is 1.15 bits per heavy atom. The summed E-state index contributed by atoms with van der Waals surface area (Å²) in [6, 6.07) is 3.60. The van der Waals surface area contributed by atoms with Crippen LogP contribution in [-0.2, 0) is 11.3 Å². The quantitative estimate of drug-likeness (QED) is 0.718. The molecule has 136 valence electrons. The summed E-state index contributed by atoms with van der Waals surface area (Å²) in [5, 5.41) is 6.07. The molecular weight excluding hydrogens is 342 g/mol. The van der Waals surface area contributed by atoms with E-state index in [0.29, 0.717) is 5.82 Å². The second-order valence-corrected chi connectivity index (χ2v) is 6.19. The zero-order valence-corrected chi connectivity index (χ0v) is 14.7. The van der Waals surface area contributed by atoms with Gasteiger partial charge in [-0.1, -0.05) is 6.08 Å². The highest BCUT2D eigenvalue weighted by Crippen LogP contribution is 2.18. The normalized spacial score (nSPS) is 13.9. The zero-order valence-electron chi connectivity index (χ0n) is 14.7. The van der Waals surface area contributed by atoms with Crippen LogP contribution in [0.4, 0.5) is 5.82 Å². The van der Waals surface area contributed by atoms with E-state index in [9.17, 15) is 4.79 Å². The Morgan fingerprint density at radius 2 is 2.11 bits per heavy atom. The van der Waals surface area contributed by atoms with Gasteiger partial charge >= 0.3 is 0 Å². The van der Waals surface area contributed by atoms with Gasteiger partial charge < -0.3 is 15.2 Å². The lowest BCUT2D eigenvalue weighted by atomic mass is 10.1. The molecule has 3 aromatic rings. The monoisotopic (exact) mass is 361 g/mol. The Morgan fingerprint density at radius 3 is 2.85 bits per heavy atom. The van der Waals surface area contributed by atoms with E-state index >= 15 is 0 Å². The molecule has 0 saturated carbocycles. The van der Waals surface area contributed by atoms with Gasteiger partial charge in [0.05, 0.1) is 23.9 Å². The van der Waals surface area contributed by atoms with Gasteiger partial charge in [0.1, 0.15) is 12.4 Å². The molecule has 2 N–H and O–H groups in total. The molecule has 0 spiro atoms. The SMILES string of the molecule is O=C(Cn1cnc(C2=CCNCC2)c1)Nc1ccc(-c2cnccn2)cn1. The lowest BCUT2D eigenvalue weighted by molar-refractivity contribution is -0.116. The standard InChI is InChI=1S/C19H19N7O/c27-19(12-26-11-17(24-13-26)14-3-5-20-6-4-14)25-18-2-1-15(9-23-18)16-10-21-7-8-22-16/h1-3,7-11,13,20H,4-6,12H2,(H,23,25,27). The molecule has 4 rings (SSSR count). The van der Waals surface area contributed by atoms with Crippen molar-refractivity contribution in [2.75, 3.05) is 18.4 Å². The van der Waals surface area contributed by atoms with Gasteiger partial charge in [-0.3, -0.25) is 14.8 Å². The first kappa shape index (κ1) is 17.0. The largest absolute Gasteiger partial charge is 0.327 e. The predicted molar refractivity (Wildman–Crippen MR) is 102 cm³/mol. The number of imidazole rings is 1. The molecule has 0 atom stereocenters. The Balaban J connectivity index is 1.37. The highest BCUT2D eigenvalue weighted by Gasteiger charge is 2.11. The van der Waals surface area contributed by atoms with Crippen LogP contribution in [0.3, 0.4) is 0 Å². The maximum absolute atomic E-state index is 12.3. The topological polar surface area (TPSA) is 97.6 Å². The molecule has 8 heteroatoms. The number of nitrogens with zero attached hydrogens (tertiary/aromatic N) is 5. The lowest BCUT2D eigenvalue weighted by Crippen LogP contribution is -2.20. The van der Waals surface area contributed by atoms with E-state index < -0.39 is 0 Å². The van der Waals surface area contributed by atoms with E-state index in [4.69, 9.17) is 0 Å². The molecule has 0 unspecified atom stereocenters. The van der Waals surface area contributed by atoms with Crippen molar-refractivity contribution in [3.05, 3.63) is 61.2 Å². The summed E-state index contributed by atoms with van der Waals surface area (Å²) in [6.45, 7) is 2.00. The Hall–Kier alpha value is -3.39. The molecule has 1 aliphatic heterocycles. The van der Waals surface area contributed by atoms with E-state index in [-0.39, 0.29) is 12.5 Å². The van der Waals surface area contributed by atoms with E-state index in [2.05, 4.69) is 36.6 Å². The Kier molecular flexibility index (Phi) is 4.97. The number of amides is 1. The van der Waals surface area contributed by atoms with E-state index in [1.54, 1.807) is 41.7 Å². The van der Waals surface area contributed by atoms with Crippen LogP contribution in [0.25, 0.3) is 16.8 Å². The number of rotatable bonds is 5. The third-order valence-corrected chi connectivity index (χ3v) is 4.24. The predicted octanol–water partition coefficient (Wildman–Crippen LogP) is 1.75. The van der Waals surface area contributed by atoms with Gasteiger partial charge in [0.25, 0.3) is 0 Å². The van der Waals surface area contributed by atoms with Crippen molar-refractivity contribution in [2.24, 2.45) is 0 Å². The van der Waals surface area contributed by atoms with Crippen molar-refractivity contribution >= 4 is 17.3 Å². The first-order chi connectivity index (χ1) is 13.3.